The molecule has 6 heteroatoms. The van der Waals surface area contributed by atoms with E-state index in [0.717, 1.165) is 35.7 Å². The molecule has 0 radical (unpaired) electrons. The van der Waals surface area contributed by atoms with Crippen molar-refractivity contribution in [2.75, 3.05) is 30.9 Å². The number of benzene rings is 2. The zero-order chi connectivity index (χ0) is 18.2. The van der Waals surface area contributed by atoms with Crippen LogP contribution >= 0.6 is 0 Å². The average Bonchev–Trinajstić information content (AvgIpc) is 2.68. The molecular formula is C20H21FN4O. The van der Waals surface area contributed by atoms with Crippen molar-refractivity contribution in [2.24, 2.45) is 0 Å². The highest BCUT2D eigenvalue weighted by Gasteiger charge is 2.07. The molecule has 2 aromatic carbocycles. The molecule has 1 heterocycles. The fourth-order valence-electron chi connectivity index (χ4n) is 2.45. The summed E-state index contributed by atoms with van der Waals surface area (Å²) in [7, 11) is 1.68. The van der Waals surface area contributed by atoms with Crippen LogP contribution in [0.5, 0.6) is 0 Å². The van der Waals surface area contributed by atoms with Gasteiger partial charge in [-0.3, -0.25) is 0 Å². The molecule has 5 nitrogen and oxygen atoms in total. The Morgan fingerprint density at radius 3 is 2.50 bits per heavy atom. The summed E-state index contributed by atoms with van der Waals surface area (Å²) in [6, 6.07) is 17.9. The van der Waals surface area contributed by atoms with Crippen LogP contribution in [-0.2, 0) is 4.74 Å². The Hall–Kier alpha value is -2.99. The van der Waals surface area contributed by atoms with Gasteiger partial charge in [0.25, 0.3) is 0 Å². The van der Waals surface area contributed by atoms with Gasteiger partial charge in [0, 0.05) is 37.6 Å². The first kappa shape index (κ1) is 17.8. The molecule has 0 unspecified atom stereocenters. The first-order chi connectivity index (χ1) is 12.7. The number of rotatable bonds is 8. The van der Waals surface area contributed by atoms with Gasteiger partial charge < -0.3 is 15.4 Å². The number of ether oxygens (including phenoxy) is 1. The molecule has 1 aromatic heterocycles. The number of methoxy groups -OCH3 is 1. The molecule has 0 aliphatic carbocycles. The number of anilines is 3. The van der Waals surface area contributed by atoms with Gasteiger partial charge in [-0.05, 0) is 30.7 Å². The number of hydrogen-bond donors (Lipinski definition) is 2. The smallest absolute Gasteiger partial charge is 0.229 e. The zero-order valence-electron chi connectivity index (χ0n) is 14.6. The first-order valence-electron chi connectivity index (χ1n) is 8.44. The Labute approximate surface area is 152 Å². The topological polar surface area (TPSA) is 59.1 Å². The third-order valence-corrected chi connectivity index (χ3v) is 3.73. The third-order valence-electron chi connectivity index (χ3n) is 3.73. The number of nitrogens with one attached hydrogen (secondary N) is 2. The van der Waals surface area contributed by atoms with Gasteiger partial charge in [-0.2, -0.15) is 4.98 Å². The second-order valence-corrected chi connectivity index (χ2v) is 5.73. The summed E-state index contributed by atoms with van der Waals surface area (Å²) >= 11 is 0. The number of aromatic nitrogens is 2. The molecule has 134 valence electrons. The van der Waals surface area contributed by atoms with E-state index in [1.807, 2.05) is 36.4 Å². The Balaban J connectivity index is 1.85. The van der Waals surface area contributed by atoms with Gasteiger partial charge in [-0.1, -0.05) is 30.3 Å². The van der Waals surface area contributed by atoms with Crippen molar-refractivity contribution in [2.45, 2.75) is 6.42 Å². The molecule has 0 atom stereocenters. The lowest BCUT2D eigenvalue weighted by Gasteiger charge is -2.11. The summed E-state index contributed by atoms with van der Waals surface area (Å²) in [5, 5.41) is 6.42. The van der Waals surface area contributed by atoms with Crippen LogP contribution in [0.3, 0.4) is 0 Å². The zero-order valence-corrected chi connectivity index (χ0v) is 14.6. The van der Waals surface area contributed by atoms with E-state index in [2.05, 4.69) is 20.6 Å². The molecule has 3 rings (SSSR count). The van der Waals surface area contributed by atoms with Crippen LogP contribution in [0.25, 0.3) is 11.3 Å². The molecule has 0 bridgehead atoms. The Kier molecular flexibility index (Phi) is 6.11. The molecule has 0 aliphatic heterocycles. The maximum absolute atomic E-state index is 13.1. The van der Waals surface area contributed by atoms with Crippen molar-refractivity contribution in [1.82, 2.24) is 9.97 Å². The van der Waals surface area contributed by atoms with E-state index in [9.17, 15) is 4.39 Å². The summed E-state index contributed by atoms with van der Waals surface area (Å²) in [6.07, 6.45) is 0.877. The van der Waals surface area contributed by atoms with Gasteiger partial charge in [0.15, 0.2) is 0 Å². The summed E-state index contributed by atoms with van der Waals surface area (Å²) in [5.41, 5.74) is 2.53. The maximum atomic E-state index is 13.1. The summed E-state index contributed by atoms with van der Waals surface area (Å²) in [4.78, 5) is 9.09. The minimum Gasteiger partial charge on any atom is -0.385 e. The third kappa shape index (κ3) is 5.00. The number of nitrogens with zero attached hydrogens (tertiary/aromatic N) is 2. The first-order valence-corrected chi connectivity index (χ1v) is 8.44. The normalized spacial score (nSPS) is 10.5. The van der Waals surface area contributed by atoms with Crippen LogP contribution in [0.15, 0.2) is 60.7 Å². The van der Waals surface area contributed by atoms with Gasteiger partial charge >= 0.3 is 0 Å². The standard InChI is InChI=1S/C20H21FN4O/c1-26-13-5-12-22-19-14-18(15-6-3-2-4-7-15)24-20(25-19)23-17-10-8-16(21)9-11-17/h2-4,6-11,14H,5,12-13H2,1H3,(H2,22,23,24,25). The highest BCUT2D eigenvalue weighted by molar-refractivity contribution is 5.66. The van der Waals surface area contributed by atoms with Crippen LogP contribution in [-0.4, -0.2) is 30.2 Å². The molecule has 0 saturated carbocycles. The van der Waals surface area contributed by atoms with Crippen molar-refractivity contribution in [1.29, 1.82) is 0 Å². The lowest BCUT2D eigenvalue weighted by molar-refractivity contribution is 0.198. The van der Waals surface area contributed by atoms with E-state index in [1.54, 1.807) is 19.2 Å². The second-order valence-electron chi connectivity index (χ2n) is 5.73. The van der Waals surface area contributed by atoms with Crippen LogP contribution in [0.4, 0.5) is 21.8 Å². The van der Waals surface area contributed by atoms with Crippen LogP contribution in [0.1, 0.15) is 6.42 Å². The van der Waals surface area contributed by atoms with Crippen molar-refractivity contribution in [3.8, 4) is 11.3 Å². The average molecular weight is 352 g/mol. The summed E-state index contributed by atoms with van der Waals surface area (Å²) in [5.74, 6) is 0.891. The molecule has 26 heavy (non-hydrogen) atoms. The minimum atomic E-state index is -0.282. The molecule has 0 amide bonds. The monoisotopic (exact) mass is 352 g/mol. The summed E-state index contributed by atoms with van der Waals surface area (Å²) < 4.78 is 18.2. The fraction of sp³-hybridized carbons (Fsp3) is 0.200. The lowest BCUT2D eigenvalue weighted by atomic mass is 10.1. The van der Waals surface area contributed by atoms with Crippen LogP contribution in [0, 0.1) is 5.82 Å². The Morgan fingerprint density at radius 2 is 1.77 bits per heavy atom. The van der Waals surface area contributed by atoms with Crippen molar-refractivity contribution in [3.05, 3.63) is 66.5 Å². The van der Waals surface area contributed by atoms with E-state index in [1.165, 1.54) is 12.1 Å². The number of hydrogen-bond acceptors (Lipinski definition) is 5. The fourth-order valence-corrected chi connectivity index (χ4v) is 2.45. The van der Waals surface area contributed by atoms with Gasteiger partial charge in [-0.25, -0.2) is 9.37 Å². The largest absolute Gasteiger partial charge is 0.385 e. The van der Waals surface area contributed by atoms with Crippen LogP contribution < -0.4 is 10.6 Å². The van der Waals surface area contributed by atoms with E-state index in [-0.39, 0.29) is 5.82 Å². The molecular weight excluding hydrogens is 331 g/mol. The second kappa shape index (κ2) is 8.92. The highest BCUT2D eigenvalue weighted by atomic mass is 19.1. The quantitative estimate of drug-likeness (QED) is 0.586. The van der Waals surface area contributed by atoms with Crippen LogP contribution in [0.2, 0.25) is 0 Å². The molecule has 2 N–H and O–H groups in total. The van der Waals surface area contributed by atoms with Gasteiger partial charge in [0.1, 0.15) is 11.6 Å². The molecule has 3 aromatic rings. The number of halogens is 1. The summed E-state index contributed by atoms with van der Waals surface area (Å²) in [6.45, 7) is 1.43. The van der Waals surface area contributed by atoms with E-state index in [4.69, 9.17) is 4.74 Å². The highest BCUT2D eigenvalue weighted by Crippen LogP contribution is 2.23. The molecule has 0 aliphatic rings. The van der Waals surface area contributed by atoms with Crippen molar-refractivity contribution < 1.29 is 9.13 Å². The van der Waals surface area contributed by atoms with Gasteiger partial charge in [0.2, 0.25) is 5.95 Å². The van der Waals surface area contributed by atoms with E-state index in [0.29, 0.717) is 12.6 Å². The molecule has 0 saturated heterocycles. The predicted molar refractivity (Wildman–Crippen MR) is 102 cm³/mol. The van der Waals surface area contributed by atoms with Gasteiger partial charge in [0.05, 0.1) is 5.69 Å². The van der Waals surface area contributed by atoms with E-state index < -0.39 is 0 Å². The van der Waals surface area contributed by atoms with Gasteiger partial charge in [-0.15, -0.1) is 0 Å². The molecule has 0 spiro atoms. The molecule has 0 fully saturated rings. The predicted octanol–water partition coefficient (Wildman–Crippen LogP) is 4.47. The maximum Gasteiger partial charge on any atom is 0.229 e. The Bertz CT molecular complexity index is 825. The van der Waals surface area contributed by atoms with Crippen molar-refractivity contribution >= 4 is 17.5 Å². The van der Waals surface area contributed by atoms with Crippen molar-refractivity contribution in [3.63, 3.8) is 0 Å². The Morgan fingerprint density at radius 1 is 1.00 bits per heavy atom. The van der Waals surface area contributed by atoms with E-state index >= 15 is 0 Å². The minimum absolute atomic E-state index is 0.282. The lowest BCUT2D eigenvalue weighted by Crippen LogP contribution is -2.08. The SMILES string of the molecule is COCCCNc1cc(-c2ccccc2)nc(Nc2ccc(F)cc2)n1.